The monoisotopic (exact) mass is 194 g/mol. The van der Waals surface area contributed by atoms with Gasteiger partial charge in [0.15, 0.2) is 0 Å². The van der Waals surface area contributed by atoms with Gasteiger partial charge >= 0.3 is 0 Å². The summed E-state index contributed by atoms with van der Waals surface area (Å²) in [5.74, 6) is 1.04. The van der Waals surface area contributed by atoms with Crippen LogP contribution in [-0.2, 0) is 11.8 Å². The first-order chi connectivity index (χ1) is 6.48. The van der Waals surface area contributed by atoms with Gasteiger partial charge in [0.1, 0.15) is 12.1 Å². The fourth-order valence-electron chi connectivity index (χ4n) is 1.82. The van der Waals surface area contributed by atoms with Gasteiger partial charge in [0, 0.05) is 18.0 Å². The zero-order valence-electron chi connectivity index (χ0n) is 9.12. The Morgan fingerprint density at radius 1 is 1.50 bits per heavy atom. The number of fused-ring (bicyclic) bond motifs is 1. The van der Waals surface area contributed by atoms with Crippen LogP contribution in [0.5, 0.6) is 0 Å². The summed E-state index contributed by atoms with van der Waals surface area (Å²) in [6.45, 7) is 6.44. The van der Waals surface area contributed by atoms with Crippen molar-refractivity contribution in [1.82, 2.24) is 9.55 Å². The zero-order valence-corrected chi connectivity index (χ0v) is 9.12. The molecular formula is C11H18N2O. The number of aliphatic hydroxyl groups excluding tert-OH is 1. The molecule has 1 aromatic heterocycles. The molecule has 3 heteroatoms. The Kier molecular flexibility index (Phi) is 2.14. The van der Waals surface area contributed by atoms with Crippen molar-refractivity contribution in [2.45, 2.75) is 51.7 Å². The molecule has 14 heavy (non-hydrogen) atoms. The van der Waals surface area contributed by atoms with Gasteiger partial charge in [-0.05, 0) is 12.8 Å². The molecule has 0 fully saturated rings. The van der Waals surface area contributed by atoms with E-state index in [-0.39, 0.29) is 11.6 Å². The highest BCUT2D eigenvalue weighted by molar-refractivity contribution is 5.14. The minimum atomic E-state index is -0.359. The van der Waals surface area contributed by atoms with Crippen LogP contribution in [0.3, 0.4) is 0 Å². The van der Waals surface area contributed by atoms with Crippen LogP contribution in [0.1, 0.15) is 51.4 Å². The molecule has 1 unspecified atom stereocenters. The summed E-state index contributed by atoms with van der Waals surface area (Å²) < 4.78 is 1.92. The van der Waals surface area contributed by atoms with Crippen molar-refractivity contribution in [3.8, 4) is 0 Å². The molecule has 0 radical (unpaired) electrons. The van der Waals surface area contributed by atoms with Crippen LogP contribution in [0.15, 0.2) is 6.20 Å². The number of nitrogens with zero attached hydrogens (tertiary/aromatic N) is 2. The molecule has 0 amide bonds. The topological polar surface area (TPSA) is 38.0 Å². The van der Waals surface area contributed by atoms with Crippen molar-refractivity contribution in [2.24, 2.45) is 0 Å². The molecule has 1 aliphatic heterocycles. The maximum Gasteiger partial charge on any atom is 0.131 e. The van der Waals surface area contributed by atoms with E-state index in [1.807, 2.05) is 10.8 Å². The Balaban J connectivity index is 2.40. The summed E-state index contributed by atoms with van der Waals surface area (Å²) in [5, 5.41) is 9.76. The second kappa shape index (κ2) is 3.09. The van der Waals surface area contributed by atoms with Gasteiger partial charge in [-0.25, -0.2) is 4.98 Å². The molecule has 0 saturated carbocycles. The fourth-order valence-corrected chi connectivity index (χ4v) is 1.82. The van der Waals surface area contributed by atoms with E-state index in [2.05, 4.69) is 25.8 Å². The van der Waals surface area contributed by atoms with Crippen molar-refractivity contribution in [2.75, 3.05) is 0 Å². The largest absolute Gasteiger partial charge is 0.373 e. The molecule has 78 valence electrons. The fraction of sp³-hybridized carbons (Fsp3) is 0.727. The summed E-state index contributed by atoms with van der Waals surface area (Å²) >= 11 is 0. The number of aromatic nitrogens is 2. The van der Waals surface area contributed by atoms with Crippen molar-refractivity contribution in [3.05, 3.63) is 17.7 Å². The van der Waals surface area contributed by atoms with E-state index in [0.717, 1.165) is 30.8 Å². The Morgan fingerprint density at radius 2 is 2.21 bits per heavy atom. The van der Waals surface area contributed by atoms with Gasteiger partial charge in [0.25, 0.3) is 0 Å². The SMILES string of the molecule is CC(C)(C)c1cn2c(n1)CCCC2O. The van der Waals surface area contributed by atoms with Crippen LogP contribution in [0.4, 0.5) is 0 Å². The van der Waals surface area contributed by atoms with Gasteiger partial charge in [-0.2, -0.15) is 0 Å². The average molecular weight is 194 g/mol. The lowest BCUT2D eigenvalue weighted by Gasteiger charge is -2.19. The lowest BCUT2D eigenvalue weighted by molar-refractivity contribution is 0.0780. The normalized spacial score (nSPS) is 22.1. The van der Waals surface area contributed by atoms with Crippen molar-refractivity contribution in [3.63, 3.8) is 0 Å². The number of aliphatic hydroxyl groups is 1. The Bertz CT molecular complexity index is 336. The maximum atomic E-state index is 9.76. The van der Waals surface area contributed by atoms with E-state index < -0.39 is 0 Å². The van der Waals surface area contributed by atoms with Gasteiger partial charge < -0.3 is 9.67 Å². The lowest BCUT2D eigenvalue weighted by atomic mass is 9.93. The summed E-state index contributed by atoms with van der Waals surface area (Å²) in [6, 6.07) is 0. The Morgan fingerprint density at radius 3 is 2.79 bits per heavy atom. The van der Waals surface area contributed by atoms with Crippen molar-refractivity contribution >= 4 is 0 Å². The van der Waals surface area contributed by atoms with Gasteiger partial charge in [-0.1, -0.05) is 20.8 Å². The molecule has 1 aliphatic rings. The molecule has 3 nitrogen and oxygen atoms in total. The smallest absolute Gasteiger partial charge is 0.131 e. The van der Waals surface area contributed by atoms with Crippen molar-refractivity contribution < 1.29 is 5.11 Å². The number of imidazole rings is 1. The molecule has 1 atom stereocenters. The predicted molar refractivity (Wildman–Crippen MR) is 55.1 cm³/mol. The van der Waals surface area contributed by atoms with E-state index in [0.29, 0.717) is 0 Å². The van der Waals surface area contributed by atoms with Gasteiger partial charge in [0.05, 0.1) is 5.69 Å². The van der Waals surface area contributed by atoms with E-state index in [4.69, 9.17) is 0 Å². The highest BCUT2D eigenvalue weighted by Crippen LogP contribution is 2.27. The second-order valence-electron chi connectivity index (χ2n) is 5.07. The quantitative estimate of drug-likeness (QED) is 0.686. The number of hydrogen-bond acceptors (Lipinski definition) is 2. The molecule has 0 aromatic carbocycles. The molecular weight excluding hydrogens is 176 g/mol. The first-order valence-electron chi connectivity index (χ1n) is 5.25. The third-order valence-electron chi connectivity index (χ3n) is 2.76. The highest BCUT2D eigenvalue weighted by Gasteiger charge is 2.24. The van der Waals surface area contributed by atoms with Crippen LogP contribution in [0.25, 0.3) is 0 Å². The van der Waals surface area contributed by atoms with Gasteiger partial charge in [-0.3, -0.25) is 0 Å². The number of aryl methyl sites for hydroxylation is 1. The highest BCUT2D eigenvalue weighted by atomic mass is 16.3. The predicted octanol–water partition coefficient (Wildman–Crippen LogP) is 2.01. The summed E-state index contributed by atoms with van der Waals surface area (Å²) in [6.07, 6.45) is 4.53. The van der Waals surface area contributed by atoms with Crippen LogP contribution < -0.4 is 0 Å². The Hall–Kier alpha value is -0.830. The van der Waals surface area contributed by atoms with E-state index in [9.17, 15) is 5.11 Å². The molecule has 2 rings (SSSR count). The molecule has 0 spiro atoms. The minimum absolute atomic E-state index is 0.0735. The molecule has 0 bridgehead atoms. The third kappa shape index (κ3) is 1.57. The number of hydrogen-bond donors (Lipinski definition) is 1. The van der Waals surface area contributed by atoms with Gasteiger partial charge in [-0.15, -0.1) is 0 Å². The molecule has 2 heterocycles. The summed E-state index contributed by atoms with van der Waals surface area (Å²) in [7, 11) is 0. The molecule has 1 aromatic rings. The van der Waals surface area contributed by atoms with E-state index in [1.54, 1.807) is 0 Å². The average Bonchev–Trinajstić information content (AvgIpc) is 2.48. The zero-order chi connectivity index (χ0) is 10.3. The second-order valence-corrected chi connectivity index (χ2v) is 5.07. The van der Waals surface area contributed by atoms with Gasteiger partial charge in [0.2, 0.25) is 0 Å². The van der Waals surface area contributed by atoms with E-state index >= 15 is 0 Å². The van der Waals surface area contributed by atoms with Crippen LogP contribution >= 0.6 is 0 Å². The standard InChI is InChI=1S/C11H18N2O/c1-11(2,3)8-7-13-9(12-8)5-4-6-10(13)14/h7,10,14H,4-6H2,1-3H3. The van der Waals surface area contributed by atoms with Crippen LogP contribution in [0.2, 0.25) is 0 Å². The van der Waals surface area contributed by atoms with Crippen LogP contribution in [0, 0.1) is 0 Å². The molecule has 1 N–H and O–H groups in total. The third-order valence-corrected chi connectivity index (χ3v) is 2.76. The van der Waals surface area contributed by atoms with Crippen LogP contribution in [-0.4, -0.2) is 14.7 Å². The number of rotatable bonds is 0. The lowest BCUT2D eigenvalue weighted by Crippen LogP contribution is -2.16. The summed E-state index contributed by atoms with van der Waals surface area (Å²) in [4.78, 5) is 4.58. The molecule has 0 saturated heterocycles. The summed E-state index contributed by atoms with van der Waals surface area (Å²) in [5.41, 5.74) is 1.15. The van der Waals surface area contributed by atoms with Crippen molar-refractivity contribution in [1.29, 1.82) is 0 Å². The first kappa shape index (κ1) is 9.71. The van der Waals surface area contributed by atoms with E-state index in [1.165, 1.54) is 0 Å². The minimum Gasteiger partial charge on any atom is -0.373 e. The first-order valence-corrected chi connectivity index (χ1v) is 5.25. The molecule has 0 aliphatic carbocycles. The Labute approximate surface area is 84.8 Å². The maximum absolute atomic E-state index is 9.76.